The molecule has 2 aromatic rings. The van der Waals surface area contributed by atoms with E-state index in [1.54, 1.807) is 11.3 Å². The highest BCUT2D eigenvalue weighted by Gasteiger charge is 2.14. The number of nitrogens with zero attached hydrogens (tertiary/aromatic N) is 1. The molecule has 1 unspecified atom stereocenters. The van der Waals surface area contributed by atoms with Crippen LogP contribution in [-0.2, 0) is 0 Å². The monoisotopic (exact) mass is 216 g/mol. The minimum atomic E-state index is 0.289. The highest BCUT2D eigenvalue weighted by atomic mass is 32.1. The summed E-state index contributed by atoms with van der Waals surface area (Å²) in [5.74, 6) is 0. The van der Waals surface area contributed by atoms with Crippen LogP contribution >= 0.6 is 11.3 Å². The van der Waals surface area contributed by atoms with Gasteiger partial charge >= 0.3 is 0 Å². The van der Waals surface area contributed by atoms with E-state index in [1.165, 1.54) is 10.1 Å². The van der Waals surface area contributed by atoms with E-state index in [0.29, 0.717) is 0 Å². The van der Waals surface area contributed by atoms with Gasteiger partial charge in [0.25, 0.3) is 0 Å². The molecule has 0 amide bonds. The number of fused-ring (bicyclic) bond motifs is 1. The Morgan fingerprint density at radius 1 is 1.40 bits per heavy atom. The van der Waals surface area contributed by atoms with Crippen LogP contribution < -0.4 is 5.32 Å². The minimum absolute atomic E-state index is 0.289. The minimum Gasteiger partial charge on any atom is -0.305 e. The zero-order chi connectivity index (χ0) is 10.1. The Labute approximate surface area is 92.7 Å². The molecule has 0 aromatic carbocycles. The first-order valence-corrected chi connectivity index (χ1v) is 6.05. The standard InChI is InChI=1S/C12H12N2S/c1-2-6-13-10(3-1)12-9-5-8-15-11(9)4-7-14-12/h1,3-5,7-8,10,13H,2,6H2. The average Bonchev–Trinajstić information content (AvgIpc) is 2.78. The number of hydrogen-bond donors (Lipinski definition) is 1. The van der Waals surface area contributed by atoms with Crippen molar-refractivity contribution in [3.8, 4) is 0 Å². The van der Waals surface area contributed by atoms with Crippen LogP contribution in [-0.4, -0.2) is 11.5 Å². The molecule has 0 spiro atoms. The number of pyridine rings is 1. The molecular weight excluding hydrogens is 204 g/mol. The van der Waals surface area contributed by atoms with Crippen LogP contribution in [0.5, 0.6) is 0 Å². The van der Waals surface area contributed by atoms with Crippen molar-refractivity contribution < 1.29 is 0 Å². The maximum Gasteiger partial charge on any atom is 0.0699 e. The summed E-state index contributed by atoms with van der Waals surface area (Å²) in [6, 6.07) is 4.53. The third-order valence-corrected chi connectivity index (χ3v) is 3.59. The normalized spacial score (nSPS) is 20.9. The summed E-state index contributed by atoms with van der Waals surface area (Å²) in [7, 11) is 0. The van der Waals surface area contributed by atoms with E-state index in [0.717, 1.165) is 18.7 Å². The van der Waals surface area contributed by atoms with Crippen molar-refractivity contribution in [2.75, 3.05) is 6.54 Å². The van der Waals surface area contributed by atoms with Gasteiger partial charge in [0.05, 0.1) is 11.7 Å². The van der Waals surface area contributed by atoms with Crippen LogP contribution in [0.25, 0.3) is 10.1 Å². The maximum atomic E-state index is 4.50. The molecule has 76 valence electrons. The molecule has 0 aliphatic carbocycles. The van der Waals surface area contributed by atoms with Gasteiger partial charge in [-0.15, -0.1) is 11.3 Å². The fourth-order valence-corrected chi connectivity index (χ4v) is 2.76. The maximum absolute atomic E-state index is 4.50. The van der Waals surface area contributed by atoms with Gasteiger partial charge in [0.2, 0.25) is 0 Å². The van der Waals surface area contributed by atoms with Gasteiger partial charge in [0.1, 0.15) is 0 Å². The summed E-state index contributed by atoms with van der Waals surface area (Å²) in [6.07, 6.45) is 7.46. The largest absolute Gasteiger partial charge is 0.305 e. The number of rotatable bonds is 1. The zero-order valence-electron chi connectivity index (χ0n) is 8.31. The molecule has 3 heterocycles. The molecule has 0 saturated carbocycles. The van der Waals surface area contributed by atoms with E-state index < -0.39 is 0 Å². The fraction of sp³-hybridized carbons (Fsp3) is 0.250. The van der Waals surface area contributed by atoms with Crippen LogP contribution in [0.3, 0.4) is 0 Å². The SMILES string of the molecule is C1=CC(c2nccc3sccc23)NCC1. The first-order chi connectivity index (χ1) is 7.45. The Morgan fingerprint density at radius 2 is 2.40 bits per heavy atom. The lowest BCUT2D eigenvalue weighted by atomic mass is 10.1. The van der Waals surface area contributed by atoms with Crippen LogP contribution in [0.4, 0.5) is 0 Å². The molecule has 1 aliphatic heterocycles. The lowest BCUT2D eigenvalue weighted by molar-refractivity contribution is 0.593. The van der Waals surface area contributed by atoms with Crippen molar-refractivity contribution in [2.45, 2.75) is 12.5 Å². The highest BCUT2D eigenvalue weighted by Crippen LogP contribution is 2.27. The summed E-state index contributed by atoms with van der Waals surface area (Å²) in [6.45, 7) is 1.05. The Morgan fingerprint density at radius 3 is 3.27 bits per heavy atom. The van der Waals surface area contributed by atoms with Crippen LogP contribution in [0, 0.1) is 0 Å². The summed E-state index contributed by atoms with van der Waals surface area (Å²) in [4.78, 5) is 4.50. The van der Waals surface area contributed by atoms with Gasteiger partial charge in [0.15, 0.2) is 0 Å². The molecular formula is C12H12N2S. The highest BCUT2D eigenvalue weighted by molar-refractivity contribution is 7.17. The second-order valence-corrected chi connectivity index (χ2v) is 4.62. The van der Waals surface area contributed by atoms with Crippen molar-refractivity contribution in [2.24, 2.45) is 0 Å². The van der Waals surface area contributed by atoms with Crippen molar-refractivity contribution >= 4 is 21.4 Å². The molecule has 1 N–H and O–H groups in total. The van der Waals surface area contributed by atoms with Gasteiger partial charge in [-0.25, -0.2) is 0 Å². The van der Waals surface area contributed by atoms with Crippen molar-refractivity contribution in [3.05, 3.63) is 41.6 Å². The smallest absolute Gasteiger partial charge is 0.0699 e. The molecule has 1 atom stereocenters. The Balaban J connectivity index is 2.13. The van der Waals surface area contributed by atoms with Crippen molar-refractivity contribution in [1.82, 2.24) is 10.3 Å². The van der Waals surface area contributed by atoms with Gasteiger partial charge in [-0.05, 0) is 30.5 Å². The van der Waals surface area contributed by atoms with Gasteiger partial charge < -0.3 is 5.32 Å². The second kappa shape index (κ2) is 3.76. The fourth-order valence-electron chi connectivity index (χ4n) is 1.97. The molecule has 3 rings (SSSR count). The number of nitrogens with one attached hydrogen (secondary N) is 1. The Kier molecular flexibility index (Phi) is 2.27. The van der Waals surface area contributed by atoms with E-state index in [4.69, 9.17) is 0 Å². The van der Waals surface area contributed by atoms with Crippen molar-refractivity contribution in [1.29, 1.82) is 0 Å². The topological polar surface area (TPSA) is 24.9 Å². The molecule has 15 heavy (non-hydrogen) atoms. The lowest BCUT2D eigenvalue weighted by Crippen LogP contribution is -2.24. The molecule has 2 aromatic heterocycles. The van der Waals surface area contributed by atoms with Gasteiger partial charge in [-0.3, -0.25) is 4.98 Å². The average molecular weight is 216 g/mol. The third kappa shape index (κ3) is 1.58. The molecule has 1 aliphatic rings. The molecule has 0 saturated heterocycles. The molecule has 2 nitrogen and oxygen atoms in total. The number of hydrogen-bond acceptors (Lipinski definition) is 3. The van der Waals surface area contributed by atoms with E-state index in [9.17, 15) is 0 Å². The van der Waals surface area contributed by atoms with Gasteiger partial charge in [-0.1, -0.05) is 12.2 Å². The molecule has 3 heteroatoms. The Hall–Kier alpha value is -1.19. The Bertz CT molecular complexity index is 501. The summed E-state index contributed by atoms with van der Waals surface area (Å²) in [5.41, 5.74) is 1.16. The second-order valence-electron chi connectivity index (χ2n) is 3.68. The van der Waals surface area contributed by atoms with Gasteiger partial charge in [0, 0.05) is 16.3 Å². The van der Waals surface area contributed by atoms with E-state index in [-0.39, 0.29) is 6.04 Å². The third-order valence-electron chi connectivity index (χ3n) is 2.71. The molecule has 0 radical (unpaired) electrons. The van der Waals surface area contributed by atoms with E-state index in [2.05, 4.69) is 40.0 Å². The van der Waals surface area contributed by atoms with Gasteiger partial charge in [-0.2, -0.15) is 0 Å². The number of thiophene rings is 1. The summed E-state index contributed by atoms with van der Waals surface area (Å²) >= 11 is 1.77. The molecule has 0 bridgehead atoms. The lowest BCUT2D eigenvalue weighted by Gasteiger charge is -2.18. The summed E-state index contributed by atoms with van der Waals surface area (Å²) < 4.78 is 1.32. The molecule has 0 fully saturated rings. The van der Waals surface area contributed by atoms with Crippen LogP contribution in [0.2, 0.25) is 0 Å². The van der Waals surface area contributed by atoms with E-state index >= 15 is 0 Å². The predicted octanol–water partition coefficient (Wildman–Crippen LogP) is 2.89. The summed E-state index contributed by atoms with van der Waals surface area (Å²) in [5, 5.41) is 6.88. The number of aromatic nitrogens is 1. The quantitative estimate of drug-likeness (QED) is 0.741. The first-order valence-electron chi connectivity index (χ1n) is 5.17. The van der Waals surface area contributed by atoms with Crippen LogP contribution in [0.1, 0.15) is 18.2 Å². The van der Waals surface area contributed by atoms with Crippen molar-refractivity contribution in [3.63, 3.8) is 0 Å². The van der Waals surface area contributed by atoms with E-state index in [1.807, 2.05) is 6.20 Å². The predicted molar refractivity (Wildman–Crippen MR) is 64.1 cm³/mol. The van der Waals surface area contributed by atoms with Crippen LogP contribution in [0.15, 0.2) is 35.9 Å². The zero-order valence-corrected chi connectivity index (χ0v) is 9.13. The first kappa shape index (κ1) is 9.07.